The van der Waals surface area contributed by atoms with Gasteiger partial charge in [0.05, 0.1) is 0 Å². The maximum atomic E-state index is 11.7. The first-order chi connectivity index (χ1) is 4.50. The summed E-state index contributed by atoms with van der Waals surface area (Å²) in [5, 5.41) is 2.33. The van der Waals surface area contributed by atoms with Gasteiger partial charge in [0, 0.05) is 6.20 Å². The summed E-state index contributed by atoms with van der Waals surface area (Å²) in [6, 6.07) is 0. The first-order valence-electron chi connectivity index (χ1n) is 2.46. The van der Waals surface area contributed by atoms with E-state index in [2.05, 4.69) is 5.32 Å². The molecule has 0 radical (unpaired) electrons. The molecule has 1 atom stereocenters. The molecule has 1 aliphatic rings. The Hall–Kier alpha value is -0.360. The van der Waals surface area contributed by atoms with Crippen molar-refractivity contribution in [2.24, 2.45) is 5.73 Å². The summed E-state index contributed by atoms with van der Waals surface area (Å²) in [5.41, 5.74) is 4.47. The molecule has 1 rings (SSSR count). The van der Waals surface area contributed by atoms with Gasteiger partial charge in [0.25, 0.3) is 0 Å². The highest BCUT2D eigenvalue weighted by Crippen LogP contribution is 2.37. The zero-order chi connectivity index (χ0) is 7.78. The Morgan fingerprint density at radius 2 is 2.20 bits per heavy atom. The van der Waals surface area contributed by atoms with Gasteiger partial charge in [-0.2, -0.15) is 13.2 Å². The Kier molecular flexibility index (Phi) is 1.82. The van der Waals surface area contributed by atoms with Crippen molar-refractivity contribution < 1.29 is 13.2 Å². The molecule has 0 aromatic rings. The van der Waals surface area contributed by atoms with E-state index in [-0.39, 0.29) is 0 Å². The fourth-order valence-electron chi connectivity index (χ4n) is 0.511. The number of nitrogens with two attached hydrogens (primary N) is 1. The first-order valence-corrected chi connectivity index (χ1v) is 3.34. The minimum atomic E-state index is -4.26. The maximum absolute atomic E-state index is 11.7. The quantitative estimate of drug-likeness (QED) is 0.569. The molecule has 1 aliphatic heterocycles. The third-order valence-corrected chi connectivity index (χ3v) is 1.91. The summed E-state index contributed by atoms with van der Waals surface area (Å²) < 4.78 is 35.2. The summed E-state index contributed by atoms with van der Waals surface area (Å²) in [5.74, 6) is 0. The van der Waals surface area contributed by atoms with Crippen molar-refractivity contribution in [1.29, 1.82) is 0 Å². The molecule has 0 fully saturated rings. The van der Waals surface area contributed by atoms with Crippen LogP contribution in [0.25, 0.3) is 0 Å². The van der Waals surface area contributed by atoms with E-state index in [9.17, 15) is 13.2 Å². The SMILES string of the molecule is NC1NC=C(C(F)(F)F)S1. The molecular weight excluding hydrogens is 165 g/mol. The van der Waals surface area contributed by atoms with Gasteiger partial charge in [0.1, 0.15) is 10.4 Å². The third kappa shape index (κ3) is 1.57. The van der Waals surface area contributed by atoms with Crippen molar-refractivity contribution in [3.63, 3.8) is 0 Å². The zero-order valence-electron chi connectivity index (χ0n) is 4.77. The van der Waals surface area contributed by atoms with Gasteiger partial charge in [0.15, 0.2) is 0 Å². The number of nitrogens with one attached hydrogen (secondary N) is 1. The van der Waals surface area contributed by atoms with E-state index < -0.39 is 16.6 Å². The molecular formula is C4H5F3N2S. The summed E-state index contributed by atoms with van der Waals surface area (Å²) >= 11 is 0.575. The predicted molar refractivity (Wildman–Crippen MR) is 32.8 cm³/mol. The molecule has 3 N–H and O–H groups in total. The van der Waals surface area contributed by atoms with Crippen LogP contribution in [0.4, 0.5) is 13.2 Å². The Balaban J connectivity index is 2.60. The van der Waals surface area contributed by atoms with E-state index in [1.54, 1.807) is 0 Å². The van der Waals surface area contributed by atoms with Crippen LogP contribution >= 0.6 is 11.8 Å². The fraction of sp³-hybridized carbons (Fsp3) is 0.500. The van der Waals surface area contributed by atoms with Crippen molar-refractivity contribution in [3.05, 3.63) is 11.1 Å². The monoisotopic (exact) mass is 170 g/mol. The predicted octanol–water partition coefficient (Wildman–Crippen LogP) is 0.969. The molecule has 0 amide bonds. The average Bonchev–Trinajstić information content (AvgIpc) is 2.11. The molecule has 10 heavy (non-hydrogen) atoms. The van der Waals surface area contributed by atoms with Crippen LogP contribution in [-0.2, 0) is 0 Å². The Morgan fingerprint density at radius 1 is 1.60 bits per heavy atom. The van der Waals surface area contributed by atoms with E-state index in [4.69, 9.17) is 5.73 Å². The van der Waals surface area contributed by atoms with Crippen LogP contribution in [0.2, 0.25) is 0 Å². The molecule has 58 valence electrons. The second-order valence-electron chi connectivity index (χ2n) is 1.71. The van der Waals surface area contributed by atoms with Crippen LogP contribution in [0.3, 0.4) is 0 Å². The normalized spacial score (nSPS) is 26.0. The average molecular weight is 170 g/mol. The topological polar surface area (TPSA) is 38.0 Å². The largest absolute Gasteiger partial charge is 0.423 e. The van der Waals surface area contributed by atoms with Crippen LogP contribution in [0.5, 0.6) is 0 Å². The van der Waals surface area contributed by atoms with Crippen molar-refractivity contribution in [3.8, 4) is 0 Å². The highest BCUT2D eigenvalue weighted by Gasteiger charge is 2.37. The van der Waals surface area contributed by atoms with Crippen LogP contribution in [0.15, 0.2) is 11.1 Å². The summed E-state index contributed by atoms with van der Waals surface area (Å²) in [4.78, 5) is -0.667. The Labute approximate surface area is 59.6 Å². The molecule has 0 spiro atoms. The van der Waals surface area contributed by atoms with Gasteiger partial charge in [-0.1, -0.05) is 11.8 Å². The van der Waals surface area contributed by atoms with Crippen LogP contribution < -0.4 is 11.1 Å². The zero-order valence-corrected chi connectivity index (χ0v) is 5.59. The summed E-state index contributed by atoms with van der Waals surface area (Å²) in [6.07, 6.45) is -3.37. The van der Waals surface area contributed by atoms with Crippen LogP contribution in [0.1, 0.15) is 0 Å². The lowest BCUT2D eigenvalue weighted by atomic mass is 10.6. The Bertz CT molecular complexity index is 164. The van der Waals surface area contributed by atoms with Gasteiger partial charge < -0.3 is 11.1 Å². The molecule has 0 bridgehead atoms. The van der Waals surface area contributed by atoms with Gasteiger partial charge in [-0.25, -0.2) is 0 Å². The highest BCUT2D eigenvalue weighted by molar-refractivity contribution is 8.03. The molecule has 1 heterocycles. The number of allylic oxidation sites excluding steroid dienone is 1. The van der Waals surface area contributed by atoms with Crippen molar-refractivity contribution in [2.75, 3.05) is 0 Å². The number of hydrogen-bond acceptors (Lipinski definition) is 3. The molecule has 0 saturated carbocycles. The van der Waals surface area contributed by atoms with E-state index in [0.717, 1.165) is 6.20 Å². The highest BCUT2D eigenvalue weighted by atomic mass is 32.2. The number of hydrogen-bond donors (Lipinski definition) is 2. The molecule has 2 nitrogen and oxygen atoms in total. The molecule has 0 aromatic carbocycles. The second kappa shape index (κ2) is 2.35. The molecule has 1 unspecified atom stereocenters. The fourth-order valence-corrected chi connectivity index (χ4v) is 1.19. The van der Waals surface area contributed by atoms with Gasteiger partial charge in [-0.3, -0.25) is 0 Å². The van der Waals surface area contributed by atoms with Gasteiger partial charge in [-0.05, 0) is 0 Å². The summed E-state index contributed by atoms with van der Waals surface area (Å²) in [7, 11) is 0. The second-order valence-corrected chi connectivity index (χ2v) is 2.89. The van der Waals surface area contributed by atoms with Crippen LogP contribution in [-0.4, -0.2) is 11.7 Å². The smallest absolute Gasteiger partial charge is 0.366 e. The van der Waals surface area contributed by atoms with Gasteiger partial charge in [0.2, 0.25) is 0 Å². The van der Waals surface area contributed by atoms with E-state index >= 15 is 0 Å². The number of thioether (sulfide) groups is 1. The van der Waals surface area contributed by atoms with Crippen molar-refractivity contribution >= 4 is 11.8 Å². The van der Waals surface area contributed by atoms with Gasteiger partial charge >= 0.3 is 6.18 Å². The molecule has 0 aliphatic carbocycles. The molecule has 0 saturated heterocycles. The lowest BCUT2D eigenvalue weighted by Gasteiger charge is -2.05. The van der Waals surface area contributed by atoms with E-state index in [0.29, 0.717) is 11.8 Å². The first kappa shape index (κ1) is 7.74. The standard InChI is InChI=1S/C4H5F3N2S/c5-4(6,7)2-1-9-3(8)10-2/h1,3,9H,8H2. The summed E-state index contributed by atoms with van der Waals surface area (Å²) in [6.45, 7) is 0. The third-order valence-electron chi connectivity index (χ3n) is 0.912. The van der Waals surface area contributed by atoms with E-state index in [1.807, 2.05) is 0 Å². The van der Waals surface area contributed by atoms with Crippen molar-refractivity contribution in [2.45, 2.75) is 11.7 Å². The van der Waals surface area contributed by atoms with Gasteiger partial charge in [-0.15, -0.1) is 0 Å². The Morgan fingerprint density at radius 3 is 2.40 bits per heavy atom. The maximum Gasteiger partial charge on any atom is 0.423 e. The minimum Gasteiger partial charge on any atom is -0.366 e. The van der Waals surface area contributed by atoms with E-state index in [1.165, 1.54) is 0 Å². The minimum absolute atomic E-state index is 0.575. The number of rotatable bonds is 0. The van der Waals surface area contributed by atoms with Crippen LogP contribution in [0, 0.1) is 0 Å². The number of halogens is 3. The van der Waals surface area contributed by atoms with Crippen molar-refractivity contribution in [1.82, 2.24) is 5.32 Å². The molecule has 6 heteroatoms. The lowest BCUT2D eigenvalue weighted by molar-refractivity contribution is -0.0836. The molecule has 0 aromatic heterocycles. The lowest BCUT2D eigenvalue weighted by Crippen LogP contribution is -2.25. The number of alkyl halides is 3.